The second-order valence-corrected chi connectivity index (χ2v) is 10.7. The number of anilines is 4. The summed E-state index contributed by atoms with van der Waals surface area (Å²) in [5.74, 6) is -0.136. The second-order valence-electron chi connectivity index (χ2n) is 10.3. The van der Waals surface area contributed by atoms with Gasteiger partial charge in [0.2, 0.25) is 0 Å². The monoisotopic (exact) mass is 560 g/mol. The zero-order valence-corrected chi connectivity index (χ0v) is 23.3. The van der Waals surface area contributed by atoms with Crippen LogP contribution in [0.2, 0.25) is 5.02 Å². The van der Waals surface area contributed by atoms with Crippen molar-refractivity contribution in [3.63, 3.8) is 0 Å². The molecule has 1 saturated heterocycles. The third-order valence-corrected chi connectivity index (χ3v) is 7.62. The number of carbonyl (C=O) groups excluding carboxylic acids is 2. The number of nitrogens with zero attached hydrogens (tertiary/aromatic N) is 3. The Morgan fingerprint density at radius 2 is 1.62 bits per heavy atom. The molecule has 2 amide bonds. The van der Waals surface area contributed by atoms with Crippen molar-refractivity contribution in [2.45, 2.75) is 32.3 Å². The number of likely N-dealkylation sites (tertiary alicyclic amines) is 1. The molecule has 9 nitrogen and oxygen atoms in total. The van der Waals surface area contributed by atoms with Gasteiger partial charge in [-0.25, -0.2) is 0 Å². The second kappa shape index (κ2) is 12.0. The van der Waals surface area contributed by atoms with Gasteiger partial charge in [-0.1, -0.05) is 24.6 Å². The molecule has 0 spiro atoms. The third kappa shape index (κ3) is 6.38. The summed E-state index contributed by atoms with van der Waals surface area (Å²) in [4.78, 5) is 27.7. The maximum Gasteiger partial charge on any atom is 0.273 e. The maximum atomic E-state index is 12.9. The van der Waals surface area contributed by atoms with E-state index in [4.69, 9.17) is 11.6 Å². The van der Waals surface area contributed by atoms with Crippen LogP contribution in [0.15, 0.2) is 78.1 Å². The van der Waals surface area contributed by atoms with E-state index in [-0.39, 0.29) is 23.8 Å². The van der Waals surface area contributed by atoms with Crippen LogP contribution in [-0.4, -0.2) is 50.8 Å². The molecule has 0 saturated carbocycles. The standard InChI is InChI=1S/C30H33ClN6O3/c1-19-17-20(3-10-27(19)37-15-12-24(38)13-16-37)29(39)34-22-6-4-21(5-7-22)33-26-9-8-23(18-25(26)31)35-30(40)28-11-14-32-36(28)2/h3-11,14,18-19,24,33,38H,12-13,15-17H2,1-2H3,(H,34,39)(H,35,40). The van der Waals surface area contributed by atoms with Gasteiger partial charge in [-0.3, -0.25) is 14.3 Å². The molecule has 4 N–H and O–H groups in total. The summed E-state index contributed by atoms with van der Waals surface area (Å²) >= 11 is 6.47. The Bertz CT molecular complexity index is 1450. The molecule has 1 fully saturated rings. The highest BCUT2D eigenvalue weighted by Crippen LogP contribution is 2.31. The lowest BCUT2D eigenvalue weighted by Crippen LogP contribution is -2.37. The van der Waals surface area contributed by atoms with Crippen LogP contribution in [0.4, 0.5) is 22.7 Å². The van der Waals surface area contributed by atoms with Crippen molar-refractivity contribution in [2.75, 3.05) is 29.0 Å². The van der Waals surface area contributed by atoms with E-state index in [9.17, 15) is 14.7 Å². The molecule has 2 heterocycles. The molecular formula is C30H33ClN6O3. The number of aromatic nitrogens is 2. The first-order valence-electron chi connectivity index (χ1n) is 13.4. The van der Waals surface area contributed by atoms with E-state index in [0.29, 0.717) is 34.2 Å². The summed E-state index contributed by atoms with van der Waals surface area (Å²) in [5, 5.41) is 23.3. The van der Waals surface area contributed by atoms with Crippen molar-refractivity contribution < 1.29 is 14.7 Å². The molecule has 1 aromatic heterocycles. The first-order valence-corrected chi connectivity index (χ1v) is 13.8. The van der Waals surface area contributed by atoms with Crippen LogP contribution < -0.4 is 16.0 Å². The highest BCUT2D eigenvalue weighted by molar-refractivity contribution is 6.33. The van der Waals surface area contributed by atoms with Crippen LogP contribution in [-0.2, 0) is 11.8 Å². The summed E-state index contributed by atoms with van der Waals surface area (Å²) in [7, 11) is 1.70. The van der Waals surface area contributed by atoms with Gasteiger partial charge in [0.1, 0.15) is 5.69 Å². The van der Waals surface area contributed by atoms with E-state index in [1.165, 1.54) is 10.4 Å². The highest BCUT2D eigenvalue weighted by Gasteiger charge is 2.26. The summed E-state index contributed by atoms with van der Waals surface area (Å²) < 4.78 is 1.50. The molecule has 3 aromatic rings. The van der Waals surface area contributed by atoms with Crippen LogP contribution in [0.25, 0.3) is 0 Å². The number of nitrogens with one attached hydrogen (secondary N) is 3. The summed E-state index contributed by atoms with van der Waals surface area (Å²) in [5.41, 5.74) is 5.19. The Labute approximate surface area is 238 Å². The summed E-state index contributed by atoms with van der Waals surface area (Å²) in [6.45, 7) is 3.85. The number of aryl methyl sites for hydroxylation is 1. The smallest absolute Gasteiger partial charge is 0.273 e. The van der Waals surface area contributed by atoms with E-state index in [1.54, 1.807) is 37.5 Å². The normalized spacial score (nSPS) is 17.6. The van der Waals surface area contributed by atoms with E-state index < -0.39 is 0 Å². The zero-order valence-electron chi connectivity index (χ0n) is 22.5. The van der Waals surface area contributed by atoms with Crippen LogP contribution >= 0.6 is 11.6 Å². The molecule has 10 heteroatoms. The van der Waals surface area contributed by atoms with Gasteiger partial charge in [-0.2, -0.15) is 5.10 Å². The Morgan fingerprint density at radius 3 is 2.27 bits per heavy atom. The average molecular weight is 561 g/mol. The van der Waals surface area contributed by atoms with Crippen molar-refractivity contribution in [2.24, 2.45) is 13.0 Å². The number of rotatable bonds is 7. The van der Waals surface area contributed by atoms with Gasteiger partial charge in [0.05, 0.1) is 16.8 Å². The third-order valence-electron chi connectivity index (χ3n) is 7.31. The van der Waals surface area contributed by atoms with Crippen molar-refractivity contribution in [1.82, 2.24) is 14.7 Å². The van der Waals surface area contributed by atoms with Crippen LogP contribution in [0.3, 0.4) is 0 Å². The molecule has 208 valence electrons. The maximum absolute atomic E-state index is 12.9. The van der Waals surface area contributed by atoms with Crippen molar-refractivity contribution in [3.05, 3.63) is 88.9 Å². The number of aliphatic hydroxyl groups is 1. The Morgan fingerprint density at radius 1 is 0.950 bits per heavy atom. The van der Waals surface area contributed by atoms with Gasteiger partial charge in [-0.15, -0.1) is 0 Å². The Hall–Kier alpha value is -4.08. The van der Waals surface area contributed by atoms with Crippen molar-refractivity contribution >= 4 is 46.2 Å². The van der Waals surface area contributed by atoms with Gasteiger partial charge in [-0.05, 0) is 73.9 Å². The van der Waals surface area contributed by atoms with Crippen LogP contribution in [0.1, 0.15) is 36.7 Å². The minimum absolute atomic E-state index is 0.108. The lowest BCUT2D eigenvalue weighted by molar-refractivity contribution is -0.113. The SMILES string of the molecule is CC1CC(C(=O)Nc2ccc(Nc3ccc(NC(=O)c4ccnn4C)cc3Cl)cc2)=CC=C1N1CCC(O)CC1. The molecule has 2 aromatic carbocycles. The topological polar surface area (TPSA) is 112 Å². The number of amides is 2. The molecular weight excluding hydrogens is 528 g/mol. The van der Waals surface area contributed by atoms with Gasteiger partial charge in [0.15, 0.2) is 0 Å². The van der Waals surface area contributed by atoms with Gasteiger partial charge in [0, 0.05) is 60.6 Å². The summed E-state index contributed by atoms with van der Waals surface area (Å²) in [6, 6.07) is 14.3. The first kappa shape index (κ1) is 27.5. The molecule has 2 aliphatic rings. The van der Waals surface area contributed by atoms with E-state index in [0.717, 1.165) is 37.2 Å². The zero-order chi connectivity index (χ0) is 28.2. The Balaban J connectivity index is 1.17. The largest absolute Gasteiger partial charge is 0.393 e. The lowest BCUT2D eigenvalue weighted by atomic mass is 9.90. The van der Waals surface area contributed by atoms with E-state index >= 15 is 0 Å². The number of halogens is 1. The number of piperidine rings is 1. The fourth-order valence-electron chi connectivity index (χ4n) is 5.05. The van der Waals surface area contributed by atoms with Crippen LogP contribution in [0, 0.1) is 5.92 Å². The van der Waals surface area contributed by atoms with Gasteiger partial charge in [0.25, 0.3) is 11.8 Å². The number of carbonyl (C=O) groups is 2. The van der Waals surface area contributed by atoms with Gasteiger partial charge < -0.3 is 26.0 Å². The molecule has 0 radical (unpaired) electrons. The van der Waals surface area contributed by atoms with Crippen LogP contribution in [0.5, 0.6) is 0 Å². The van der Waals surface area contributed by atoms with Crippen molar-refractivity contribution in [1.29, 1.82) is 0 Å². The lowest BCUT2D eigenvalue weighted by Gasteiger charge is -2.37. The molecule has 5 rings (SSSR count). The number of allylic oxidation sites excluding steroid dienone is 3. The number of aliphatic hydroxyl groups excluding tert-OH is 1. The molecule has 1 atom stereocenters. The number of benzene rings is 2. The number of hydrogen-bond donors (Lipinski definition) is 4. The van der Waals surface area contributed by atoms with E-state index in [1.807, 2.05) is 36.4 Å². The number of hydrogen-bond acceptors (Lipinski definition) is 6. The highest BCUT2D eigenvalue weighted by atomic mass is 35.5. The Kier molecular flexibility index (Phi) is 8.23. The minimum Gasteiger partial charge on any atom is -0.393 e. The molecule has 40 heavy (non-hydrogen) atoms. The molecule has 0 bridgehead atoms. The first-order chi connectivity index (χ1) is 19.3. The molecule has 1 aliphatic carbocycles. The fraction of sp³-hybridized carbons (Fsp3) is 0.300. The average Bonchev–Trinajstić information content (AvgIpc) is 3.38. The predicted molar refractivity (Wildman–Crippen MR) is 158 cm³/mol. The summed E-state index contributed by atoms with van der Waals surface area (Å²) in [6.07, 6.45) is 7.57. The minimum atomic E-state index is -0.271. The predicted octanol–water partition coefficient (Wildman–Crippen LogP) is 5.31. The van der Waals surface area contributed by atoms with Gasteiger partial charge >= 0.3 is 0 Å². The van der Waals surface area contributed by atoms with Crippen molar-refractivity contribution in [3.8, 4) is 0 Å². The molecule has 1 aliphatic heterocycles. The quantitative estimate of drug-likeness (QED) is 0.311. The van der Waals surface area contributed by atoms with E-state index in [2.05, 4.69) is 32.9 Å². The molecule has 1 unspecified atom stereocenters. The fourth-order valence-corrected chi connectivity index (χ4v) is 5.28.